The van der Waals surface area contributed by atoms with Crippen molar-refractivity contribution in [2.24, 2.45) is 5.92 Å². The largest absolute Gasteiger partial charge is 0.497 e. The van der Waals surface area contributed by atoms with Gasteiger partial charge < -0.3 is 24.2 Å². The summed E-state index contributed by atoms with van der Waals surface area (Å²) in [5.41, 5.74) is 3.32. The molecule has 0 bridgehead atoms. The fourth-order valence-corrected chi connectivity index (χ4v) is 12.8. The Hall–Kier alpha value is -4.44. The number of anilines is 2. The molecule has 4 aromatic rings. The molecule has 2 fully saturated rings. The first kappa shape index (κ1) is 35.0. The van der Waals surface area contributed by atoms with Gasteiger partial charge in [0.1, 0.15) is 11.5 Å². The van der Waals surface area contributed by atoms with Crippen molar-refractivity contribution in [3.63, 3.8) is 0 Å². The van der Waals surface area contributed by atoms with Crippen molar-refractivity contribution in [1.29, 1.82) is 0 Å². The number of methoxy groups -OCH3 is 1. The second-order valence-electron chi connectivity index (χ2n) is 14.7. The van der Waals surface area contributed by atoms with Gasteiger partial charge in [0, 0.05) is 12.2 Å². The highest BCUT2D eigenvalue weighted by Gasteiger charge is 2.51. The van der Waals surface area contributed by atoms with Crippen LogP contribution in [0.3, 0.4) is 0 Å². The SMILES string of the molecule is COc1ccc([Si](C)(C)[C@H]2[C@H](C)[C@H](CCc3cccc(N4C(=O)c5ccccc5Oc5ccccc54)c3)O[C@@H]2CC(=O)N2CCC[C@H]2CO)cc1. The minimum atomic E-state index is -2.15. The number of amides is 2. The zero-order valence-electron chi connectivity index (χ0n) is 30.0. The molecule has 3 aliphatic rings. The van der Waals surface area contributed by atoms with Crippen LogP contribution >= 0.6 is 0 Å². The number of ether oxygens (including phenoxy) is 3. The fourth-order valence-electron chi connectivity index (χ4n) is 8.71. The summed E-state index contributed by atoms with van der Waals surface area (Å²) in [7, 11) is -0.470. The first-order chi connectivity index (χ1) is 24.7. The predicted molar refractivity (Wildman–Crippen MR) is 202 cm³/mol. The molecule has 0 spiro atoms. The average Bonchev–Trinajstić information content (AvgIpc) is 3.72. The van der Waals surface area contributed by atoms with Gasteiger partial charge in [-0.15, -0.1) is 0 Å². The van der Waals surface area contributed by atoms with Crippen LogP contribution in [0.1, 0.15) is 48.5 Å². The van der Waals surface area contributed by atoms with E-state index in [1.165, 1.54) is 5.19 Å². The summed E-state index contributed by atoms with van der Waals surface area (Å²) in [5.74, 6) is 2.18. The Morgan fingerprint density at radius 2 is 1.69 bits per heavy atom. The van der Waals surface area contributed by atoms with Crippen LogP contribution in [-0.2, 0) is 16.0 Å². The molecule has 4 aromatic carbocycles. The van der Waals surface area contributed by atoms with Crippen molar-refractivity contribution in [3.8, 4) is 17.2 Å². The average molecular weight is 705 g/mol. The summed E-state index contributed by atoms with van der Waals surface area (Å²) in [6.45, 7) is 7.78. The number of rotatable bonds is 10. The number of benzene rings is 4. The maximum Gasteiger partial charge on any atom is 0.266 e. The number of likely N-dealkylation sites (tertiary alicyclic amines) is 1. The highest BCUT2D eigenvalue weighted by Crippen LogP contribution is 2.47. The van der Waals surface area contributed by atoms with E-state index in [4.69, 9.17) is 14.2 Å². The monoisotopic (exact) mass is 704 g/mol. The maximum atomic E-state index is 14.0. The standard InChI is InChI=1S/C42H48N2O6Si/c1-28-36(49-39(26-40(46)43-24-10-13-31(43)27-45)41(28)51(3,4)33-21-19-32(48-2)20-22-33)23-18-29-11-9-12-30(25-29)44-35-15-6-8-17-38(35)50-37-16-7-5-14-34(37)42(44)47/h5-9,11-12,14-17,19-22,25,28,31,36,39,41,45H,10,13,18,23-24,26-27H2,1-4H3/t28-,31+,36+,39-,41+/m1/s1. The van der Waals surface area contributed by atoms with E-state index in [9.17, 15) is 14.7 Å². The van der Waals surface area contributed by atoms with Crippen molar-refractivity contribution in [2.75, 3.05) is 25.2 Å². The number of hydrogen-bond donors (Lipinski definition) is 1. The van der Waals surface area contributed by atoms with Crippen LogP contribution in [0.2, 0.25) is 18.6 Å². The van der Waals surface area contributed by atoms with Crippen LogP contribution in [0.25, 0.3) is 0 Å². The van der Waals surface area contributed by atoms with Crippen LogP contribution in [0.15, 0.2) is 97.1 Å². The van der Waals surface area contributed by atoms with E-state index >= 15 is 0 Å². The Bertz CT molecular complexity index is 1880. The Morgan fingerprint density at radius 1 is 0.941 bits per heavy atom. The van der Waals surface area contributed by atoms with E-state index in [1.54, 1.807) is 18.1 Å². The summed E-state index contributed by atoms with van der Waals surface area (Å²) >= 11 is 0. The van der Waals surface area contributed by atoms with E-state index in [-0.39, 0.29) is 48.1 Å². The molecule has 0 unspecified atom stereocenters. The molecule has 1 N–H and O–H groups in total. The number of aliphatic hydroxyl groups excluding tert-OH is 1. The second-order valence-corrected chi connectivity index (χ2v) is 19.4. The summed E-state index contributed by atoms with van der Waals surface area (Å²) < 4.78 is 18.6. The first-order valence-electron chi connectivity index (χ1n) is 18.2. The zero-order chi connectivity index (χ0) is 35.7. The molecular weight excluding hydrogens is 657 g/mol. The van der Waals surface area contributed by atoms with Gasteiger partial charge in [0.05, 0.1) is 57.7 Å². The Balaban J connectivity index is 1.14. The van der Waals surface area contributed by atoms with E-state index in [1.807, 2.05) is 71.6 Å². The number of hydrogen-bond acceptors (Lipinski definition) is 6. The molecule has 0 aromatic heterocycles. The number of fused-ring (bicyclic) bond motifs is 2. The number of nitrogens with zero attached hydrogens (tertiary/aromatic N) is 2. The third-order valence-electron chi connectivity index (χ3n) is 11.4. The molecule has 51 heavy (non-hydrogen) atoms. The summed E-state index contributed by atoms with van der Waals surface area (Å²) in [6.07, 6.45) is 3.40. The summed E-state index contributed by atoms with van der Waals surface area (Å²) in [4.78, 5) is 31.4. The predicted octanol–water partition coefficient (Wildman–Crippen LogP) is 7.47. The van der Waals surface area contributed by atoms with Crippen molar-refractivity contribution in [1.82, 2.24) is 4.90 Å². The van der Waals surface area contributed by atoms with Gasteiger partial charge in [-0.1, -0.05) is 73.7 Å². The van der Waals surface area contributed by atoms with E-state index in [2.05, 4.69) is 44.3 Å². The van der Waals surface area contributed by atoms with Gasteiger partial charge in [0.15, 0.2) is 5.75 Å². The normalized spacial score (nSPS) is 23.0. The molecule has 266 valence electrons. The molecule has 5 atom stereocenters. The Labute approximate surface area is 302 Å². The molecule has 7 rings (SSSR count). The van der Waals surface area contributed by atoms with Crippen LogP contribution in [0.4, 0.5) is 11.4 Å². The maximum absolute atomic E-state index is 14.0. The topological polar surface area (TPSA) is 88.5 Å². The van der Waals surface area contributed by atoms with E-state index in [0.717, 1.165) is 42.7 Å². The van der Waals surface area contributed by atoms with E-state index in [0.29, 0.717) is 35.7 Å². The lowest BCUT2D eigenvalue weighted by molar-refractivity contribution is -0.135. The third-order valence-corrected chi connectivity index (χ3v) is 15.8. The second kappa shape index (κ2) is 14.7. The molecular formula is C42H48N2O6Si. The van der Waals surface area contributed by atoms with Crippen molar-refractivity contribution in [3.05, 3.63) is 108 Å². The van der Waals surface area contributed by atoms with Gasteiger partial charge >= 0.3 is 0 Å². The first-order valence-corrected chi connectivity index (χ1v) is 21.3. The lowest BCUT2D eigenvalue weighted by Crippen LogP contribution is -2.51. The van der Waals surface area contributed by atoms with Gasteiger partial charge in [0.25, 0.3) is 5.91 Å². The number of aliphatic hydroxyl groups is 1. The summed E-state index contributed by atoms with van der Waals surface area (Å²) in [5, 5.41) is 11.3. The molecule has 0 aliphatic carbocycles. The van der Waals surface area contributed by atoms with E-state index < -0.39 is 8.07 Å². The molecule has 2 saturated heterocycles. The van der Waals surface area contributed by atoms with Crippen LogP contribution < -0.4 is 19.6 Å². The Morgan fingerprint density at radius 3 is 2.45 bits per heavy atom. The number of aryl methyl sites for hydroxylation is 1. The van der Waals surface area contributed by atoms with Gasteiger partial charge in [-0.2, -0.15) is 0 Å². The molecule has 3 aliphatic heterocycles. The minimum absolute atomic E-state index is 0.000971. The molecule has 2 amide bonds. The number of carbonyl (C=O) groups is 2. The summed E-state index contributed by atoms with van der Waals surface area (Å²) in [6, 6.07) is 31.5. The van der Waals surface area contributed by atoms with Crippen molar-refractivity contribution in [2.45, 2.75) is 75.9 Å². The van der Waals surface area contributed by atoms with Crippen molar-refractivity contribution >= 4 is 36.4 Å². The molecule has 3 heterocycles. The molecule has 0 saturated carbocycles. The third kappa shape index (κ3) is 6.82. The van der Waals surface area contributed by atoms with Gasteiger partial charge in [0.2, 0.25) is 5.91 Å². The van der Waals surface area contributed by atoms with Crippen LogP contribution in [0, 0.1) is 5.92 Å². The minimum Gasteiger partial charge on any atom is -0.497 e. The molecule has 8 nitrogen and oxygen atoms in total. The zero-order valence-corrected chi connectivity index (χ0v) is 31.0. The Kier molecular flexibility index (Phi) is 10.1. The van der Waals surface area contributed by atoms with Crippen LogP contribution in [-0.4, -0.2) is 68.4 Å². The molecule has 9 heteroatoms. The lowest BCUT2D eigenvalue weighted by atomic mass is 9.94. The number of carbonyl (C=O) groups excluding carboxylic acids is 2. The highest BCUT2D eigenvalue weighted by atomic mass is 28.3. The van der Waals surface area contributed by atoms with Crippen LogP contribution in [0.5, 0.6) is 17.2 Å². The quantitative estimate of drug-likeness (QED) is 0.172. The van der Waals surface area contributed by atoms with Gasteiger partial charge in [-0.25, -0.2) is 0 Å². The molecule has 0 radical (unpaired) electrons. The highest BCUT2D eigenvalue weighted by molar-refractivity contribution is 6.91. The van der Waals surface area contributed by atoms with Gasteiger partial charge in [-0.05, 0) is 91.2 Å². The number of para-hydroxylation sites is 3. The lowest BCUT2D eigenvalue weighted by Gasteiger charge is -2.36. The fraction of sp³-hybridized carbons (Fsp3) is 0.381. The smallest absolute Gasteiger partial charge is 0.266 e. The van der Waals surface area contributed by atoms with Gasteiger partial charge in [-0.3, -0.25) is 14.5 Å². The van der Waals surface area contributed by atoms with Crippen molar-refractivity contribution < 1.29 is 28.9 Å².